The molecule has 0 amide bonds. The molecule has 2 heteroatoms. The van der Waals surface area contributed by atoms with E-state index in [9.17, 15) is 0 Å². The molecule has 2 aliphatic rings. The Morgan fingerprint density at radius 3 is 1.47 bits per heavy atom. The van der Waals surface area contributed by atoms with Crippen LogP contribution in [0.25, 0.3) is 55.6 Å². The maximum Gasteiger partial charge on any atom is 0.0727 e. The van der Waals surface area contributed by atoms with Crippen LogP contribution in [-0.4, -0.2) is 0 Å². The van der Waals surface area contributed by atoms with E-state index in [2.05, 4.69) is 308 Å². The van der Waals surface area contributed by atoms with Gasteiger partial charge in [0, 0.05) is 40.3 Å². The molecule has 2 aliphatic carbocycles. The number of hydrogen-bond acceptors (Lipinski definition) is 2. The minimum Gasteiger partial charge on any atom is -0.314 e. The third kappa shape index (κ3) is 8.00. The number of para-hydroxylation sites is 1. The Bertz CT molecular complexity index is 3950. The first-order chi connectivity index (χ1) is 37.7. The van der Waals surface area contributed by atoms with Crippen molar-refractivity contribution in [1.29, 1.82) is 0 Å². The molecule has 11 aromatic carbocycles. The second kappa shape index (κ2) is 19.9. The van der Waals surface area contributed by atoms with Crippen molar-refractivity contribution in [2.24, 2.45) is 0 Å². The second-order valence-corrected chi connectivity index (χ2v) is 19.6. The quantitative estimate of drug-likeness (QED) is 0.106. The van der Waals surface area contributed by atoms with Crippen molar-refractivity contribution in [3.63, 3.8) is 0 Å². The molecule has 11 aromatic rings. The van der Waals surface area contributed by atoms with Crippen molar-refractivity contribution < 1.29 is 0 Å². The van der Waals surface area contributed by atoms with Gasteiger partial charge in [0.25, 0.3) is 0 Å². The molecule has 0 saturated heterocycles. The predicted octanol–water partition coefficient (Wildman–Crippen LogP) is 19.5. The SMILES string of the molecule is C=C/C=C\C=C(/Cc1ccccc1)N(c1ccc(-c2ccccc2)cc1)c1ccc2c(c1)C1(c3ccccc3-2)c2ccccc2-c2c(N(c3ccc(-c4ccccc4)cc3)c3ccccc3-c3ccccc3)cccc21. The highest BCUT2D eigenvalue weighted by molar-refractivity contribution is 6.03. The van der Waals surface area contributed by atoms with Gasteiger partial charge in [0.1, 0.15) is 0 Å². The summed E-state index contributed by atoms with van der Waals surface area (Å²) in [5, 5.41) is 0. The van der Waals surface area contributed by atoms with Crippen LogP contribution in [0.15, 0.2) is 316 Å². The summed E-state index contributed by atoms with van der Waals surface area (Å²) >= 11 is 0. The molecule has 0 bridgehead atoms. The van der Waals surface area contributed by atoms with Crippen LogP contribution < -0.4 is 9.80 Å². The zero-order valence-electron chi connectivity index (χ0n) is 42.2. The second-order valence-electron chi connectivity index (χ2n) is 19.6. The molecule has 360 valence electrons. The third-order valence-corrected chi connectivity index (χ3v) is 15.3. The van der Waals surface area contributed by atoms with E-state index in [0.29, 0.717) is 6.42 Å². The van der Waals surface area contributed by atoms with Gasteiger partial charge in [-0.2, -0.15) is 0 Å². The first-order valence-corrected chi connectivity index (χ1v) is 26.2. The largest absolute Gasteiger partial charge is 0.314 e. The lowest BCUT2D eigenvalue weighted by Gasteiger charge is -2.34. The number of benzene rings is 11. The van der Waals surface area contributed by atoms with Gasteiger partial charge < -0.3 is 9.80 Å². The molecule has 0 aliphatic heterocycles. The molecule has 1 spiro atoms. The van der Waals surface area contributed by atoms with E-state index in [1.165, 1.54) is 77.9 Å². The van der Waals surface area contributed by atoms with Crippen LogP contribution in [0.2, 0.25) is 0 Å². The highest BCUT2D eigenvalue weighted by atomic mass is 15.2. The van der Waals surface area contributed by atoms with Gasteiger partial charge in [0.15, 0.2) is 0 Å². The summed E-state index contributed by atoms with van der Waals surface area (Å²) in [5.74, 6) is 0. The van der Waals surface area contributed by atoms with Crippen LogP contribution in [0.4, 0.5) is 28.4 Å². The van der Waals surface area contributed by atoms with Crippen molar-refractivity contribution in [3.8, 4) is 55.6 Å². The van der Waals surface area contributed by atoms with E-state index < -0.39 is 5.41 Å². The van der Waals surface area contributed by atoms with Gasteiger partial charge in [-0.05, 0) is 127 Å². The molecule has 0 saturated carbocycles. The molecule has 76 heavy (non-hydrogen) atoms. The van der Waals surface area contributed by atoms with Crippen molar-refractivity contribution in [2.45, 2.75) is 11.8 Å². The van der Waals surface area contributed by atoms with Crippen LogP contribution in [0.5, 0.6) is 0 Å². The molecule has 0 fully saturated rings. The van der Waals surface area contributed by atoms with Crippen molar-refractivity contribution in [1.82, 2.24) is 0 Å². The lowest BCUT2D eigenvalue weighted by molar-refractivity contribution is 0.793. The van der Waals surface area contributed by atoms with E-state index in [1.807, 2.05) is 12.2 Å². The van der Waals surface area contributed by atoms with Crippen LogP contribution in [0, 0.1) is 0 Å². The molecule has 13 rings (SSSR count). The minimum absolute atomic E-state index is 0.638. The van der Waals surface area contributed by atoms with E-state index in [-0.39, 0.29) is 0 Å². The Labute approximate surface area is 446 Å². The standard InChI is InChI=1S/C74H54N2/c1-2-3-8-32-61(51-53-24-9-4-10-25-53)75(59-45-41-56(42-46-59)54-26-11-5-12-27-54)62-49-50-65-64-34-17-20-36-67(64)74(70(65)52-62)68-37-21-18-35-66(68)73-69(74)38-23-40-72(73)76(60-47-43-57(44-48-60)55-28-13-6-14-29-55)71-39-22-19-33-63(71)58-30-15-7-16-31-58/h2-50,52H,1,51H2/b8-3-,61-32+. The lowest BCUT2D eigenvalue weighted by atomic mass is 9.70. The van der Waals surface area contributed by atoms with E-state index in [4.69, 9.17) is 0 Å². The Hall–Kier alpha value is -9.76. The summed E-state index contributed by atoms with van der Waals surface area (Å²) in [7, 11) is 0. The molecular formula is C74H54N2. The first kappa shape index (κ1) is 46.1. The van der Waals surface area contributed by atoms with Crippen LogP contribution in [-0.2, 0) is 11.8 Å². The Balaban J connectivity index is 1.05. The van der Waals surface area contributed by atoms with Crippen molar-refractivity contribution >= 4 is 28.4 Å². The van der Waals surface area contributed by atoms with Gasteiger partial charge in [-0.25, -0.2) is 0 Å². The molecule has 0 aromatic heterocycles. The van der Waals surface area contributed by atoms with Gasteiger partial charge in [-0.3, -0.25) is 0 Å². The maximum atomic E-state index is 4.03. The summed E-state index contributed by atoms with van der Waals surface area (Å²) in [6, 6.07) is 102. The summed E-state index contributed by atoms with van der Waals surface area (Å²) in [4.78, 5) is 4.97. The van der Waals surface area contributed by atoms with Crippen molar-refractivity contribution in [3.05, 3.63) is 343 Å². The van der Waals surface area contributed by atoms with Crippen molar-refractivity contribution in [2.75, 3.05) is 9.80 Å². The molecule has 2 nitrogen and oxygen atoms in total. The Kier molecular flexibility index (Phi) is 12.1. The summed E-state index contributed by atoms with van der Waals surface area (Å²) < 4.78 is 0. The normalized spacial score (nSPS) is 14.0. The average Bonchev–Trinajstić information content (AvgIpc) is 4.17. The molecule has 1 unspecified atom stereocenters. The maximum absolute atomic E-state index is 4.03. The van der Waals surface area contributed by atoms with Crippen LogP contribution in [0.3, 0.4) is 0 Å². The number of hydrogen-bond donors (Lipinski definition) is 0. The topological polar surface area (TPSA) is 6.48 Å². The summed E-state index contributed by atoms with van der Waals surface area (Å²) in [6.07, 6.45) is 8.93. The number of allylic oxidation sites excluding steroid dienone is 5. The Morgan fingerprint density at radius 1 is 0.355 bits per heavy atom. The van der Waals surface area contributed by atoms with Crippen LogP contribution in [0.1, 0.15) is 27.8 Å². The van der Waals surface area contributed by atoms with E-state index in [1.54, 1.807) is 0 Å². The highest BCUT2D eigenvalue weighted by Gasteiger charge is 2.52. The zero-order valence-corrected chi connectivity index (χ0v) is 42.2. The number of nitrogens with zero attached hydrogens (tertiary/aromatic N) is 2. The molecule has 1 atom stereocenters. The van der Waals surface area contributed by atoms with E-state index in [0.717, 1.165) is 39.7 Å². The minimum atomic E-state index is -0.638. The first-order valence-electron chi connectivity index (χ1n) is 26.2. The number of fused-ring (bicyclic) bond motifs is 10. The highest BCUT2D eigenvalue weighted by Crippen LogP contribution is 2.65. The lowest BCUT2D eigenvalue weighted by Crippen LogP contribution is -2.26. The monoisotopic (exact) mass is 970 g/mol. The van der Waals surface area contributed by atoms with Crippen LogP contribution >= 0.6 is 0 Å². The zero-order chi connectivity index (χ0) is 50.8. The third-order valence-electron chi connectivity index (χ3n) is 15.3. The van der Waals surface area contributed by atoms with Gasteiger partial charge in [0.05, 0.1) is 16.8 Å². The fourth-order valence-electron chi connectivity index (χ4n) is 12.0. The smallest absolute Gasteiger partial charge is 0.0727 e. The summed E-state index contributed by atoms with van der Waals surface area (Å²) in [6.45, 7) is 4.03. The van der Waals surface area contributed by atoms with E-state index >= 15 is 0 Å². The number of rotatable bonds is 13. The molecule has 0 heterocycles. The molecular weight excluding hydrogens is 917 g/mol. The van der Waals surface area contributed by atoms with Gasteiger partial charge in [0.2, 0.25) is 0 Å². The van der Waals surface area contributed by atoms with Gasteiger partial charge >= 0.3 is 0 Å². The number of anilines is 5. The summed E-state index contributed by atoms with van der Waals surface area (Å²) in [5.41, 5.74) is 24.4. The molecule has 0 N–H and O–H groups in total. The fourth-order valence-corrected chi connectivity index (χ4v) is 12.0. The Morgan fingerprint density at radius 2 is 0.829 bits per heavy atom. The molecule has 0 radical (unpaired) electrons. The van der Waals surface area contributed by atoms with Gasteiger partial charge in [-0.15, -0.1) is 0 Å². The fraction of sp³-hybridized carbons (Fsp3) is 0.0270. The van der Waals surface area contributed by atoms with Gasteiger partial charge in [-0.1, -0.05) is 255 Å². The average molecular weight is 971 g/mol. The predicted molar refractivity (Wildman–Crippen MR) is 320 cm³/mol.